The summed E-state index contributed by atoms with van der Waals surface area (Å²) in [7, 11) is 1.58. The number of Topliss-reactive ketones (excluding diaryl/α,β-unsaturated/α-hetero) is 1. The van der Waals surface area contributed by atoms with Gasteiger partial charge in [0.25, 0.3) is 0 Å². The van der Waals surface area contributed by atoms with E-state index < -0.39 is 5.97 Å². The molecule has 0 bridgehead atoms. The van der Waals surface area contributed by atoms with E-state index in [1.807, 2.05) is 24.3 Å². The van der Waals surface area contributed by atoms with E-state index in [0.717, 1.165) is 5.56 Å². The third-order valence-electron chi connectivity index (χ3n) is 4.34. The Bertz CT molecular complexity index is 1150. The zero-order valence-electron chi connectivity index (χ0n) is 15.3. The fourth-order valence-corrected chi connectivity index (χ4v) is 3.35. The lowest BCUT2D eigenvalue weighted by Gasteiger charge is -2.07. The van der Waals surface area contributed by atoms with E-state index in [-0.39, 0.29) is 11.5 Å². The molecule has 0 radical (unpaired) electrons. The summed E-state index contributed by atoms with van der Waals surface area (Å²) in [5.74, 6) is 0.785. The van der Waals surface area contributed by atoms with Crippen LogP contribution in [0.2, 0.25) is 0 Å². The summed E-state index contributed by atoms with van der Waals surface area (Å²) in [5, 5.41) is 0. The number of rotatable bonds is 4. The van der Waals surface area contributed by atoms with Crippen molar-refractivity contribution in [1.82, 2.24) is 0 Å². The van der Waals surface area contributed by atoms with Gasteiger partial charge in [0, 0.05) is 10.5 Å². The SMILES string of the molecule is COc1cccc(/C=C2\Oc3cc(OC(=O)c4ccccc4Br)ccc3C2=O)c1. The molecule has 1 heterocycles. The quantitative estimate of drug-likeness (QED) is 0.306. The molecule has 0 aromatic heterocycles. The topological polar surface area (TPSA) is 61.8 Å². The number of carbonyl (C=O) groups is 2. The van der Waals surface area contributed by atoms with E-state index in [2.05, 4.69) is 15.9 Å². The Balaban J connectivity index is 1.56. The molecule has 0 unspecified atom stereocenters. The number of allylic oxidation sites excluding steroid dienone is 1. The molecule has 5 nitrogen and oxygen atoms in total. The molecule has 0 spiro atoms. The average molecular weight is 451 g/mol. The molecular formula is C23H15BrO5. The van der Waals surface area contributed by atoms with Gasteiger partial charge in [0.15, 0.2) is 5.76 Å². The Morgan fingerprint density at radius 3 is 2.62 bits per heavy atom. The van der Waals surface area contributed by atoms with Gasteiger partial charge in [-0.15, -0.1) is 0 Å². The average Bonchev–Trinajstić information content (AvgIpc) is 3.03. The van der Waals surface area contributed by atoms with E-state index in [0.29, 0.717) is 32.8 Å². The molecule has 0 N–H and O–H groups in total. The number of carbonyl (C=O) groups excluding carboxylic acids is 2. The molecule has 6 heteroatoms. The van der Waals surface area contributed by atoms with Crippen LogP contribution in [0.1, 0.15) is 26.3 Å². The molecule has 0 atom stereocenters. The zero-order valence-corrected chi connectivity index (χ0v) is 16.9. The van der Waals surface area contributed by atoms with E-state index in [1.54, 1.807) is 49.6 Å². The smallest absolute Gasteiger partial charge is 0.344 e. The Morgan fingerprint density at radius 2 is 1.83 bits per heavy atom. The van der Waals surface area contributed by atoms with Gasteiger partial charge in [-0.1, -0.05) is 24.3 Å². The van der Waals surface area contributed by atoms with Crippen molar-refractivity contribution in [2.45, 2.75) is 0 Å². The van der Waals surface area contributed by atoms with Crippen LogP contribution in [0, 0.1) is 0 Å². The minimum atomic E-state index is -0.506. The normalized spacial score (nSPS) is 13.7. The predicted molar refractivity (Wildman–Crippen MR) is 111 cm³/mol. The number of methoxy groups -OCH3 is 1. The van der Waals surface area contributed by atoms with Gasteiger partial charge in [-0.25, -0.2) is 4.79 Å². The molecule has 144 valence electrons. The number of fused-ring (bicyclic) bond motifs is 1. The Hall–Kier alpha value is -3.38. The maximum Gasteiger partial charge on any atom is 0.344 e. The van der Waals surface area contributed by atoms with Crippen molar-refractivity contribution >= 4 is 33.8 Å². The van der Waals surface area contributed by atoms with Crippen molar-refractivity contribution < 1.29 is 23.8 Å². The largest absolute Gasteiger partial charge is 0.497 e. The van der Waals surface area contributed by atoms with Gasteiger partial charge < -0.3 is 14.2 Å². The molecule has 3 aromatic carbocycles. The second-order valence-electron chi connectivity index (χ2n) is 6.24. The first-order valence-electron chi connectivity index (χ1n) is 8.74. The molecular weight excluding hydrogens is 436 g/mol. The highest BCUT2D eigenvalue weighted by molar-refractivity contribution is 9.10. The summed E-state index contributed by atoms with van der Waals surface area (Å²) in [6.45, 7) is 0. The number of ketones is 1. The maximum absolute atomic E-state index is 12.6. The number of ether oxygens (including phenoxy) is 3. The van der Waals surface area contributed by atoms with Crippen LogP contribution in [0.15, 0.2) is 77.0 Å². The number of halogens is 1. The van der Waals surface area contributed by atoms with Gasteiger partial charge in [-0.2, -0.15) is 0 Å². The fourth-order valence-electron chi connectivity index (χ4n) is 2.90. The predicted octanol–water partition coefficient (Wildman–Crippen LogP) is 5.29. The molecule has 0 saturated carbocycles. The molecule has 0 aliphatic carbocycles. The summed E-state index contributed by atoms with van der Waals surface area (Å²) in [4.78, 5) is 25.0. The molecule has 4 rings (SSSR count). The van der Waals surface area contributed by atoms with Gasteiger partial charge in [0.05, 0.1) is 18.2 Å². The van der Waals surface area contributed by atoms with E-state index in [9.17, 15) is 9.59 Å². The van der Waals surface area contributed by atoms with Gasteiger partial charge in [-0.3, -0.25) is 4.79 Å². The first-order valence-corrected chi connectivity index (χ1v) is 9.53. The van der Waals surface area contributed by atoms with Crippen LogP contribution in [-0.4, -0.2) is 18.9 Å². The van der Waals surface area contributed by atoms with E-state index in [1.165, 1.54) is 6.07 Å². The van der Waals surface area contributed by atoms with Crippen LogP contribution in [0.3, 0.4) is 0 Å². The lowest BCUT2D eigenvalue weighted by atomic mass is 10.1. The molecule has 0 fully saturated rings. The van der Waals surface area contributed by atoms with Crippen LogP contribution in [-0.2, 0) is 0 Å². The van der Waals surface area contributed by atoms with Crippen molar-refractivity contribution in [3.8, 4) is 17.2 Å². The van der Waals surface area contributed by atoms with Crippen molar-refractivity contribution in [1.29, 1.82) is 0 Å². The first-order chi connectivity index (χ1) is 14.0. The van der Waals surface area contributed by atoms with Crippen molar-refractivity contribution in [2.75, 3.05) is 7.11 Å². The molecule has 0 amide bonds. The highest BCUT2D eigenvalue weighted by atomic mass is 79.9. The third-order valence-corrected chi connectivity index (χ3v) is 5.03. The van der Waals surface area contributed by atoms with Crippen molar-refractivity contribution in [2.24, 2.45) is 0 Å². The molecule has 1 aliphatic heterocycles. The Kier molecular flexibility index (Phi) is 5.18. The second kappa shape index (κ2) is 7.93. The standard InChI is InChI=1S/C23H15BrO5/c1-27-15-6-4-5-14(11-15)12-21-22(25)18-10-9-16(13-20(18)29-21)28-23(26)17-7-2-3-8-19(17)24/h2-13H,1H3/b21-12-. The van der Waals surface area contributed by atoms with Crippen LogP contribution in [0.25, 0.3) is 6.08 Å². The highest BCUT2D eigenvalue weighted by Crippen LogP contribution is 2.35. The van der Waals surface area contributed by atoms with Crippen molar-refractivity contribution in [3.05, 3.63) is 93.7 Å². The molecule has 0 saturated heterocycles. The van der Waals surface area contributed by atoms with Crippen molar-refractivity contribution in [3.63, 3.8) is 0 Å². The number of hydrogen-bond acceptors (Lipinski definition) is 5. The maximum atomic E-state index is 12.6. The van der Waals surface area contributed by atoms with Gasteiger partial charge in [-0.05, 0) is 64.0 Å². The summed E-state index contributed by atoms with van der Waals surface area (Å²) >= 11 is 3.33. The monoisotopic (exact) mass is 450 g/mol. The van der Waals surface area contributed by atoms with E-state index in [4.69, 9.17) is 14.2 Å². The van der Waals surface area contributed by atoms with E-state index >= 15 is 0 Å². The lowest BCUT2D eigenvalue weighted by molar-refractivity contribution is 0.0733. The summed E-state index contributed by atoms with van der Waals surface area (Å²) < 4.78 is 17.0. The minimum Gasteiger partial charge on any atom is -0.497 e. The van der Waals surface area contributed by atoms with Gasteiger partial charge >= 0.3 is 5.97 Å². The minimum absolute atomic E-state index is 0.197. The van der Waals surface area contributed by atoms with Gasteiger partial charge in [0.1, 0.15) is 17.2 Å². The zero-order chi connectivity index (χ0) is 20.4. The summed E-state index contributed by atoms with van der Waals surface area (Å²) in [6.07, 6.45) is 1.65. The number of esters is 1. The highest BCUT2D eigenvalue weighted by Gasteiger charge is 2.28. The van der Waals surface area contributed by atoms with Crippen LogP contribution >= 0.6 is 15.9 Å². The number of hydrogen-bond donors (Lipinski definition) is 0. The summed E-state index contributed by atoms with van der Waals surface area (Å²) in [5.41, 5.74) is 1.60. The second-order valence-corrected chi connectivity index (χ2v) is 7.10. The van der Waals surface area contributed by atoms with Crippen LogP contribution in [0.4, 0.5) is 0 Å². The lowest BCUT2D eigenvalue weighted by Crippen LogP contribution is -2.09. The molecule has 1 aliphatic rings. The Labute approximate surface area is 175 Å². The first kappa shape index (κ1) is 19.0. The molecule has 3 aromatic rings. The molecule has 29 heavy (non-hydrogen) atoms. The fraction of sp³-hybridized carbons (Fsp3) is 0.0435. The van der Waals surface area contributed by atoms with Gasteiger partial charge in [0.2, 0.25) is 5.78 Å². The van der Waals surface area contributed by atoms with Crippen LogP contribution in [0.5, 0.6) is 17.2 Å². The Morgan fingerprint density at radius 1 is 1.00 bits per heavy atom. The number of benzene rings is 3. The van der Waals surface area contributed by atoms with Crippen LogP contribution < -0.4 is 14.2 Å². The summed E-state index contributed by atoms with van der Waals surface area (Å²) in [6, 6.07) is 19.0. The third kappa shape index (κ3) is 3.93.